The van der Waals surface area contributed by atoms with Gasteiger partial charge in [0, 0.05) is 13.2 Å². The highest BCUT2D eigenvalue weighted by Crippen LogP contribution is 2.20. The Hall–Kier alpha value is -2.08. The third kappa shape index (κ3) is 2.78. The lowest BCUT2D eigenvalue weighted by Gasteiger charge is -1.98. The Morgan fingerprint density at radius 1 is 1.39 bits per heavy atom. The fourth-order valence-electron chi connectivity index (χ4n) is 1.57. The van der Waals surface area contributed by atoms with Gasteiger partial charge in [-0.3, -0.25) is 0 Å². The number of rotatable bonds is 6. The van der Waals surface area contributed by atoms with E-state index in [2.05, 4.69) is 10.3 Å². The summed E-state index contributed by atoms with van der Waals surface area (Å²) in [6.07, 6.45) is 1.53. The molecule has 0 aliphatic rings. The zero-order valence-corrected chi connectivity index (χ0v) is 9.72. The van der Waals surface area contributed by atoms with Gasteiger partial charge in [-0.15, -0.1) is 0 Å². The lowest BCUT2D eigenvalue weighted by Crippen LogP contribution is -2.02. The van der Waals surface area contributed by atoms with Crippen LogP contribution >= 0.6 is 0 Å². The maximum absolute atomic E-state index is 10.8. The van der Waals surface area contributed by atoms with E-state index in [0.717, 1.165) is 12.8 Å². The highest BCUT2D eigenvalue weighted by atomic mass is 16.4. The number of benzene rings is 1. The normalized spacial score (nSPS) is 10.7. The van der Waals surface area contributed by atoms with Crippen molar-refractivity contribution in [2.24, 2.45) is 0 Å². The van der Waals surface area contributed by atoms with Crippen molar-refractivity contribution in [3.8, 4) is 0 Å². The lowest BCUT2D eigenvalue weighted by molar-refractivity contribution is 0.0697. The lowest BCUT2D eigenvalue weighted by atomic mass is 10.2. The summed E-state index contributed by atoms with van der Waals surface area (Å²) in [5.41, 5.74) is 1.23. The molecule has 0 radical (unpaired) electrons. The van der Waals surface area contributed by atoms with E-state index in [0.29, 0.717) is 23.7 Å². The van der Waals surface area contributed by atoms with Crippen LogP contribution < -0.4 is 5.32 Å². The van der Waals surface area contributed by atoms with Crippen molar-refractivity contribution >= 4 is 23.1 Å². The first-order chi connectivity index (χ1) is 8.70. The van der Waals surface area contributed by atoms with Crippen molar-refractivity contribution in [1.82, 2.24) is 4.98 Å². The van der Waals surface area contributed by atoms with E-state index in [1.54, 1.807) is 6.07 Å². The smallest absolute Gasteiger partial charge is 0.335 e. The van der Waals surface area contributed by atoms with E-state index in [-0.39, 0.29) is 12.2 Å². The Bertz CT molecular complexity index is 550. The van der Waals surface area contributed by atoms with Crippen LogP contribution in [0.4, 0.5) is 6.01 Å². The zero-order chi connectivity index (χ0) is 13.0. The molecular weight excluding hydrogens is 236 g/mol. The number of oxazole rings is 1. The Morgan fingerprint density at radius 2 is 2.22 bits per heavy atom. The van der Waals surface area contributed by atoms with Crippen LogP contribution in [0.2, 0.25) is 0 Å². The van der Waals surface area contributed by atoms with Gasteiger partial charge in [0.25, 0.3) is 6.01 Å². The highest BCUT2D eigenvalue weighted by molar-refractivity contribution is 5.92. The number of aromatic carboxylic acids is 1. The van der Waals surface area contributed by atoms with Crippen LogP contribution in [-0.2, 0) is 0 Å². The number of unbranched alkanes of at least 4 members (excludes halogenated alkanes) is 1. The fraction of sp³-hybridized carbons (Fsp3) is 0.333. The van der Waals surface area contributed by atoms with Crippen LogP contribution in [0, 0.1) is 0 Å². The summed E-state index contributed by atoms with van der Waals surface area (Å²) in [7, 11) is 0. The number of carboxylic acid groups (broad SMARTS) is 1. The molecule has 0 aliphatic heterocycles. The SMILES string of the molecule is O=C(O)c1ccc2nc(NCCCCO)oc2c1. The molecule has 2 aromatic rings. The van der Waals surface area contributed by atoms with Crippen LogP contribution in [0.15, 0.2) is 22.6 Å². The number of anilines is 1. The Labute approximate surface area is 103 Å². The van der Waals surface area contributed by atoms with Gasteiger partial charge < -0.3 is 19.9 Å². The minimum absolute atomic E-state index is 0.164. The van der Waals surface area contributed by atoms with Crippen molar-refractivity contribution in [1.29, 1.82) is 0 Å². The van der Waals surface area contributed by atoms with Crippen molar-refractivity contribution in [2.45, 2.75) is 12.8 Å². The maximum atomic E-state index is 10.8. The standard InChI is InChI=1S/C12H14N2O4/c15-6-2-1-5-13-12-14-9-4-3-8(11(16)17)7-10(9)18-12/h3-4,7,15H,1-2,5-6H2,(H,13,14)(H,16,17). The second kappa shape index (κ2) is 5.50. The molecule has 6 heteroatoms. The molecule has 96 valence electrons. The molecule has 1 heterocycles. The first kappa shape index (κ1) is 12.4. The summed E-state index contributed by atoms with van der Waals surface area (Å²) in [4.78, 5) is 15.0. The number of fused-ring (bicyclic) bond motifs is 1. The van der Waals surface area contributed by atoms with Crippen molar-refractivity contribution in [3.63, 3.8) is 0 Å². The number of aromatic nitrogens is 1. The summed E-state index contributed by atoms with van der Waals surface area (Å²) in [6, 6.07) is 4.92. The number of carboxylic acids is 1. The molecule has 6 nitrogen and oxygen atoms in total. The second-order valence-electron chi connectivity index (χ2n) is 3.86. The van der Waals surface area contributed by atoms with Crippen molar-refractivity contribution in [2.75, 3.05) is 18.5 Å². The molecule has 0 fully saturated rings. The van der Waals surface area contributed by atoms with E-state index in [9.17, 15) is 4.79 Å². The van der Waals surface area contributed by atoms with E-state index >= 15 is 0 Å². The van der Waals surface area contributed by atoms with Gasteiger partial charge in [-0.1, -0.05) is 0 Å². The van der Waals surface area contributed by atoms with Gasteiger partial charge in [0.15, 0.2) is 5.58 Å². The molecule has 2 rings (SSSR count). The van der Waals surface area contributed by atoms with Crippen molar-refractivity contribution < 1.29 is 19.4 Å². The summed E-state index contributed by atoms with van der Waals surface area (Å²) in [5.74, 6) is -0.995. The van der Waals surface area contributed by atoms with Crippen LogP contribution in [0.25, 0.3) is 11.1 Å². The van der Waals surface area contributed by atoms with Gasteiger partial charge in [-0.25, -0.2) is 4.79 Å². The number of aliphatic hydroxyl groups excluding tert-OH is 1. The molecule has 1 aromatic heterocycles. The molecule has 0 aliphatic carbocycles. The number of aliphatic hydroxyl groups is 1. The van der Waals surface area contributed by atoms with E-state index in [4.69, 9.17) is 14.6 Å². The quantitative estimate of drug-likeness (QED) is 0.675. The second-order valence-corrected chi connectivity index (χ2v) is 3.86. The molecule has 1 aromatic carbocycles. The summed E-state index contributed by atoms with van der Waals surface area (Å²) >= 11 is 0. The third-order valence-electron chi connectivity index (χ3n) is 2.50. The Kier molecular flexibility index (Phi) is 3.78. The predicted octanol–water partition coefficient (Wildman–Crippen LogP) is 1.71. The first-order valence-electron chi connectivity index (χ1n) is 5.69. The third-order valence-corrected chi connectivity index (χ3v) is 2.50. The monoisotopic (exact) mass is 250 g/mol. The molecule has 18 heavy (non-hydrogen) atoms. The molecule has 0 saturated carbocycles. The molecular formula is C12H14N2O4. The number of hydrogen-bond acceptors (Lipinski definition) is 5. The molecule has 0 unspecified atom stereocenters. The van der Waals surface area contributed by atoms with Gasteiger partial charge in [-0.2, -0.15) is 4.98 Å². The van der Waals surface area contributed by atoms with Gasteiger partial charge in [-0.05, 0) is 31.0 Å². The number of nitrogens with zero attached hydrogens (tertiary/aromatic N) is 1. The number of carbonyl (C=O) groups is 1. The molecule has 0 amide bonds. The van der Waals surface area contributed by atoms with E-state index in [1.165, 1.54) is 12.1 Å². The molecule has 3 N–H and O–H groups in total. The van der Waals surface area contributed by atoms with E-state index in [1.807, 2.05) is 0 Å². The van der Waals surface area contributed by atoms with Gasteiger partial charge in [0.2, 0.25) is 0 Å². The number of hydrogen-bond donors (Lipinski definition) is 3. The van der Waals surface area contributed by atoms with E-state index < -0.39 is 5.97 Å². The van der Waals surface area contributed by atoms with Crippen LogP contribution in [-0.4, -0.2) is 34.3 Å². The Balaban J connectivity index is 2.09. The minimum Gasteiger partial charge on any atom is -0.478 e. The van der Waals surface area contributed by atoms with Crippen LogP contribution in [0.5, 0.6) is 0 Å². The summed E-state index contributed by atoms with van der Waals surface area (Å²) in [6.45, 7) is 0.816. The summed E-state index contributed by atoms with van der Waals surface area (Å²) < 4.78 is 5.39. The molecule has 0 saturated heterocycles. The first-order valence-corrected chi connectivity index (χ1v) is 5.69. The van der Waals surface area contributed by atoms with Crippen molar-refractivity contribution in [3.05, 3.63) is 23.8 Å². The van der Waals surface area contributed by atoms with Gasteiger partial charge in [0.05, 0.1) is 5.56 Å². The maximum Gasteiger partial charge on any atom is 0.335 e. The van der Waals surface area contributed by atoms with Crippen LogP contribution in [0.1, 0.15) is 23.2 Å². The molecule has 0 atom stereocenters. The topological polar surface area (TPSA) is 95.6 Å². The largest absolute Gasteiger partial charge is 0.478 e. The highest BCUT2D eigenvalue weighted by Gasteiger charge is 2.09. The average molecular weight is 250 g/mol. The Morgan fingerprint density at radius 3 is 2.94 bits per heavy atom. The summed E-state index contributed by atoms with van der Waals surface area (Å²) in [5, 5.41) is 20.5. The minimum atomic E-state index is -0.995. The fourth-order valence-corrected chi connectivity index (χ4v) is 1.57. The molecule has 0 spiro atoms. The van der Waals surface area contributed by atoms with Crippen LogP contribution in [0.3, 0.4) is 0 Å². The predicted molar refractivity (Wildman–Crippen MR) is 65.8 cm³/mol. The van der Waals surface area contributed by atoms with Gasteiger partial charge in [0.1, 0.15) is 5.52 Å². The zero-order valence-electron chi connectivity index (χ0n) is 9.72. The number of nitrogens with one attached hydrogen (secondary N) is 1. The average Bonchev–Trinajstić information content (AvgIpc) is 2.76. The van der Waals surface area contributed by atoms with Gasteiger partial charge >= 0.3 is 5.97 Å². The molecule has 0 bridgehead atoms.